The maximum absolute atomic E-state index is 11.6. The molecule has 0 aliphatic carbocycles. The molecule has 102 valence electrons. The molecule has 0 saturated carbocycles. The third-order valence-electron chi connectivity index (χ3n) is 2.68. The number of nitrogens with one attached hydrogen (secondary N) is 2. The number of hydrogen-bond acceptors (Lipinski definition) is 3. The minimum Gasteiger partial charge on any atom is -0.344 e. The summed E-state index contributed by atoms with van der Waals surface area (Å²) in [6.07, 6.45) is 3.29. The van der Waals surface area contributed by atoms with E-state index in [0.29, 0.717) is 6.54 Å². The molecule has 1 aromatic carbocycles. The first-order chi connectivity index (χ1) is 9.75. The summed E-state index contributed by atoms with van der Waals surface area (Å²) in [4.78, 5) is 27.1. The maximum Gasteiger partial charge on any atom is 0.309 e. The van der Waals surface area contributed by atoms with Gasteiger partial charge in [-0.1, -0.05) is 36.4 Å². The van der Waals surface area contributed by atoms with Crippen molar-refractivity contribution in [3.05, 3.63) is 66.0 Å². The summed E-state index contributed by atoms with van der Waals surface area (Å²) < 4.78 is 0. The van der Waals surface area contributed by atoms with Crippen LogP contribution in [0.2, 0.25) is 0 Å². The predicted molar refractivity (Wildman–Crippen MR) is 74.4 cm³/mol. The lowest BCUT2D eigenvalue weighted by molar-refractivity contribution is -0.139. The summed E-state index contributed by atoms with van der Waals surface area (Å²) >= 11 is 0. The van der Waals surface area contributed by atoms with Crippen LogP contribution in [0.4, 0.5) is 0 Å². The van der Waals surface area contributed by atoms with E-state index >= 15 is 0 Å². The number of aromatic nitrogens is 1. The topological polar surface area (TPSA) is 71.1 Å². The minimum atomic E-state index is -0.648. The van der Waals surface area contributed by atoms with Crippen molar-refractivity contribution < 1.29 is 9.59 Å². The molecule has 2 aromatic rings. The van der Waals surface area contributed by atoms with Crippen LogP contribution in [0.25, 0.3) is 0 Å². The first kappa shape index (κ1) is 13.7. The Bertz CT molecular complexity index is 517. The van der Waals surface area contributed by atoms with Crippen LogP contribution in [0, 0.1) is 0 Å². The summed E-state index contributed by atoms with van der Waals surface area (Å²) in [6.45, 7) is 0.616. The largest absolute Gasteiger partial charge is 0.344 e. The fourth-order valence-electron chi connectivity index (χ4n) is 1.62. The zero-order valence-corrected chi connectivity index (χ0v) is 10.9. The quantitative estimate of drug-likeness (QED) is 0.814. The van der Waals surface area contributed by atoms with Gasteiger partial charge in [0.1, 0.15) is 0 Å². The van der Waals surface area contributed by atoms with E-state index in [-0.39, 0.29) is 6.54 Å². The lowest BCUT2D eigenvalue weighted by Crippen LogP contribution is -2.39. The molecule has 5 heteroatoms. The van der Waals surface area contributed by atoms with Gasteiger partial charge < -0.3 is 10.6 Å². The highest BCUT2D eigenvalue weighted by Crippen LogP contribution is 1.97. The van der Waals surface area contributed by atoms with Crippen molar-refractivity contribution in [2.45, 2.75) is 13.1 Å². The first-order valence-corrected chi connectivity index (χ1v) is 6.24. The van der Waals surface area contributed by atoms with E-state index in [2.05, 4.69) is 15.6 Å². The van der Waals surface area contributed by atoms with E-state index in [1.807, 2.05) is 36.4 Å². The Kier molecular flexibility index (Phi) is 4.83. The molecular formula is C15H15N3O2. The molecule has 0 fully saturated rings. The van der Waals surface area contributed by atoms with Gasteiger partial charge in [0.05, 0.1) is 0 Å². The molecule has 20 heavy (non-hydrogen) atoms. The van der Waals surface area contributed by atoms with E-state index < -0.39 is 11.8 Å². The average Bonchev–Trinajstić information content (AvgIpc) is 2.52. The Morgan fingerprint density at radius 2 is 1.45 bits per heavy atom. The molecular weight excluding hydrogens is 254 g/mol. The van der Waals surface area contributed by atoms with Crippen LogP contribution in [0.5, 0.6) is 0 Å². The number of benzene rings is 1. The third-order valence-corrected chi connectivity index (χ3v) is 2.68. The van der Waals surface area contributed by atoms with Gasteiger partial charge in [-0.25, -0.2) is 0 Å². The van der Waals surface area contributed by atoms with Crippen molar-refractivity contribution in [3.8, 4) is 0 Å². The summed E-state index contributed by atoms with van der Waals surface area (Å²) in [5.74, 6) is -1.29. The zero-order chi connectivity index (χ0) is 14.2. The van der Waals surface area contributed by atoms with Crippen molar-refractivity contribution in [1.82, 2.24) is 15.6 Å². The Morgan fingerprint density at radius 1 is 0.850 bits per heavy atom. The highest BCUT2D eigenvalue weighted by atomic mass is 16.2. The molecule has 0 unspecified atom stereocenters. The van der Waals surface area contributed by atoms with Gasteiger partial charge in [0.15, 0.2) is 0 Å². The summed E-state index contributed by atoms with van der Waals surface area (Å²) in [5.41, 5.74) is 1.79. The molecule has 1 aromatic heterocycles. The van der Waals surface area contributed by atoms with E-state index in [1.165, 1.54) is 0 Å². The van der Waals surface area contributed by atoms with Crippen LogP contribution in [0.1, 0.15) is 11.1 Å². The molecule has 0 saturated heterocycles. The molecule has 0 radical (unpaired) electrons. The fraction of sp³-hybridized carbons (Fsp3) is 0.133. The Balaban J connectivity index is 1.76. The average molecular weight is 269 g/mol. The second-order valence-electron chi connectivity index (χ2n) is 4.21. The van der Waals surface area contributed by atoms with Crippen LogP contribution in [-0.2, 0) is 22.7 Å². The summed E-state index contributed by atoms with van der Waals surface area (Å²) in [7, 11) is 0. The molecule has 0 atom stereocenters. The van der Waals surface area contributed by atoms with E-state index in [4.69, 9.17) is 0 Å². The van der Waals surface area contributed by atoms with Crippen molar-refractivity contribution in [1.29, 1.82) is 0 Å². The van der Waals surface area contributed by atoms with Crippen LogP contribution in [0.3, 0.4) is 0 Å². The second-order valence-corrected chi connectivity index (χ2v) is 4.21. The van der Waals surface area contributed by atoms with Gasteiger partial charge in [0.2, 0.25) is 0 Å². The van der Waals surface area contributed by atoms with E-state index in [9.17, 15) is 9.59 Å². The van der Waals surface area contributed by atoms with Crippen LogP contribution in [-0.4, -0.2) is 16.8 Å². The van der Waals surface area contributed by atoms with Crippen molar-refractivity contribution in [2.24, 2.45) is 0 Å². The molecule has 0 aliphatic rings. The minimum absolute atomic E-state index is 0.283. The molecule has 0 aliphatic heterocycles. The van der Waals surface area contributed by atoms with Gasteiger partial charge in [0, 0.05) is 25.5 Å². The first-order valence-electron chi connectivity index (χ1n) is 6.24. The van der Waals surface area contributed by atoms with Gasteiger partial charge in [-0.3, -0.25) is 14.6 Å². The highest BCUT2D eigenvalue weighted by Gasteiger charge is 2.12. The molecule has 1 heterocycles. The Hall–Kier alpha value is -2.69. The van der Waals surface area contributed by atoms with E-state index in [1.54, 1.807) is 18.5 Å². The number of carbonyl (C=O) groups is 2. The maximum atomic E-state index is 11.6. The van der Waals surface area contributed by atoms with Crippen molar-refractivity contribution >= 4 is 11.8 Å². The summed E-state index contributed by atoms with van der Waals surface area (Å²) in [5, 5.41) is 5.11. The SMILES string of the molecule is O=C(NCc1ccccc1)C(=O)NCc1cccnc1. The number of hydrogen-bond donors (Lipinski definition) is 2. The monoisotopic (exact) mass is 269 g/mol. The Labute approximate surface area is 117 Å². The number of rotatable bonds is 4. The number of carbonyl (C=O) groups excluding carboxylic acids is 2. The zero-order valence-electron chi connectivity index (χ0n) is 10.9. The molecule has 0 bridgehead atoms. The fourth-order valence-corrected chi connectivity index (χ4v) is 1.62. The third kappa shape index (κ3) is 4.20. The Morgan fingerprint density at radius 3 is 2.05 bits per heavy atom. The molecule has 2 rings (SSSR count). The number of pyridine rings is 1. The van der Waals surface area contributed by atoms with Gasteiger partial charge in [-0.15, -0.1) is 0 Å². The second kappa shape index (κ2) is 7.04. The molecule has 5 nitrogen and oxygen atoms in total. The van der Waals surface area contributed by atoms with Crippen molar-refractivity contribution in [2.75, 3.05) is 0 Å². The summed E-state index contributed by atoms with van der Waals surface area (Å²) in [6, 6.07) is 13.0. The number of amides is 2. The highest BCUT2D eigenvalue weighted by molar-refractivity contribution is 6.35. The van der Waals surface area contributed by atoms with Crippen LogP contribution in [0.15, 0.2) is 54.9 Å². The standard InChI is InChI=1S/C15H15N3O2/c19-14(17-10-12-5-2-1-3-6-12)15(20)18-11-13-7-4-8-16-9-13/h1-9H,10-11H2,(H,17,19)(H,18,20). The molecule has 2 N–H and O–H groups in total. The van der Waals surface area contributed by atoms with Gasteiger partial charge in [0.25, 0.3) is 0 Å². The molecule has 2 amide bonds. The van der Waals surface area contributed by atoms with Crippen molar-refractivity contribution in [3.63, 3.8) is 0 Å². The van der Waals surface area contributed by atoms with Crippen LogP contribution < -0.4 is 10.6 Å². The number of nitrogens with zero attached hydrogens (tertiary/aromatic N) is 1. The normalized spacial score (nSPS) is 9.80. The lowest BCUT2D eigenvalue weighted by Gasteiger charge is -2.06. The van der Waals surface area contributed by atoms with Crippen LogP contribution >= 0.6 is 0 Å². The molecule has 0 spiro atoms. The van der Waals surface area contributed by atoms with Gasteiger partial charge in [-0.2, -0.15) is 0 Å². The van der Waals surface area contributed by atoms with Gasteiger partial charge in [-0.05, 0) is 17.2 Å². The van der Waals surface area contributed by atoms with E-state index in [0.717, 1.165) is 11.1 Å². The smallest absolute Gasteiger partial charge is 0.309 e. The van der Waals surface area contributed by atoms with Gasteiger partial charge >= 0.3 is 11.8 Å². The lowest BCUT2D eigenvalue weighted by atomic mass is 10.2. The predicted octanol–water partition coefficient (Wildman–Crippen LogP) is 1.01.